The van der Waals surface area contributed by atoms with Gasteiger partial charge in [0.1, 0.15) is 11.9 Å². The zero-order valence-corrected chi connectivity index (χ0v) is 10.1. The standard InChI is InChI=1S/C11H15BrO3/c1-7-6-8(13)2-3-9(7)11(15)10(14)4-5-12/h2-3,6,10-11,13-15H,4-5H2,1H3. The number of halogens is 1. The van der Waals surface area contributed by atoms with Crippen LogP contribution in [0, 0.1) is 6.92 Å². The molecule has 84 valence electrons. The first-order valence-electron chi connectivity index (χ1n) is 4.78. The van der Waals surface area contributed by atoms with Crippen molar-refractivity contribution in [3.63, 3.8) is 0 Å². The normalized spacial score (nSPS) is 14.9. The maximum Gasteiger partial charge on any atom is 0.115 e. The predicted octanol–water partition coefficient (Wildman–Crippen LogP) is 1.88. The van der Waals surface area contributed by atoms with Crippen LogP contribution in [0.1, 0.15) is 23.7 Å². The van der Waals surface area contributed by atoms with Crippen LogP contribution in [-0.2, 0) is 0 Å². The number of aryl methyl sites for hydroxylation is 1. The minimum absolute atomic E-state index is 0.165. The summed E-state index contributed by atoms with van der Waals surface area (Å²) in [4.78, 5) is 0. The van der Waals surface area contributed by atoms with Crippen LogP contribution in [0.5, 0.6) is 5.75 Å². The van der Waals surface area contributed by atoms with E-state index in [-0.39, 0.29) is 5.75 Å². The number of hydrogen-bond donors (Lipinski definition) is 3. The summed E-state index contributed by atoms with van der Waals surface area (Å²) in [7, 11) is 0. The third kappa shape index (κ3) is 3.19. The number of aliphatic hydroxyl groups is 2. The van der Waals surface area contributed by atoms with Gasteiger partial charge in [0, 0.05) is 5.33 Å². The van der Waals surface area contributed by atoms with Crippen LogP contribution >= 0.6 is 15.9 Å². The molecule has 2 atom stereocenters. The highest BCUT2D eigenvalue weighted by Crippen LogP contribution is 2.25. The van der Waals surface area contributed by atoms with E-state index in [1.54, 1.807) is 19.1 Å². The van der Waals surface area contributed by atoms with Crippen molar-refractivity contribution >= 4 is 15.9 Å². The van der Waals surface area contributed by atoms with Gasteiger partial charge in [0.2, 0.25) is 0 Å². The number of benzene rings is 1. The lowest BCUT2D eigenvalue weighted by Crippen LogP contribution is -2.19. The number of hydrogen-bond acceptors (Lipinski definition) is 3. The molecule has 1 rings (SSSR count). The maximum atomic E-state index is 9.84. The third-order valence-corrected chi connectivity index (χ3v) is 2.80. The van der Waals surface area contributed by atoms with Gasteiger partial charge in [-0.25, -0.2) is 0 Å². The van der Waals surface area contributed by atoms with E-state index < -0.39 is 12.2 Å². The van der Waals surface area contributed by atoms with Crippen LogP contribution in [0.3, 0.4) is 0 Å². The SMILES string of the molecule is Cc1cc(O)ccc1C(O)C(O)CCBr. The quantitative estimate of drug-likeness (QED) is 0.735. The molecule has 0 spiro atoms. The molecule has 0 aromatic heterocycles. The molecule has 1 aromatic rings. The Morgan fingerprint density at radius 3 is 2.53 bits per heavy atom. The van der Waals surface area contributed by atoms with Gasteiger partial charge in [0.05, 0.1) is 6.10 Å². The number of alkyl halides is 1. The number of phenols is 1. The van der Waals surface area contributed by atoms with Gasteiger partial charge in [0.15, 0.2) is 0 Å². The van der Waals surface area contributed by atoms with Gasteiger partial charge in [-0.15, -0.1) is 0 Å². The first kappa shape index (κ1) is 12.5. The second-order valence-corrected chi connectivity index (χ2v) is 4.32. The van der Waals surface area contributed by atoms with E-state index in [1.807, 2.05) is 0 Å². The molecule has 0 aliphatic carbocycles. The Bertz CT molecular complexity index is 328. The molecule has 0 fully saturated rings. The molecule has 0 saturated heterocycles. The second kappa shape index (κ2) is 5.49. The van der Waals surface area contributed by atoms with Gasteiger partial charge >= 0.3 is 0 Å². The fourth-order valence-corrected chi connectivity index (χ4v) is 1.94. The molecule has 15 heavy (non-hydrogen) atoms. The fraction of sp³-hybridized carbons (Fsp3) is 0.455. The minimum atomic E-state index is -0.900. The van der Waals surface area contributed by atoms with Crippen LogP contribution in [0.4, 0.5) is 0 Å². The van der Waals surface area contributed by atoms with Crippen molar-refractivity contribution in [1.82, 2.24) is 0 Å². The lowest BCUT2D eigenvalue weighted by Gasteiger charge is -2.19. The zero-order chi connectivity index (χ0) is 11.4. The number of aliphatic hydroxyl groups excluding tert-OH is 2. The smallest absolute Gasteiger partial charge is 0.115 e. The summed E-state index contributed by atoms with van der Waals surface area (Å²) in [5.41, 5.74) is 1.43. The van der Waals surface area contributed by atoms with Gasteiger partial charge in [-0.3, -0.25) is 0 Å². The average molecular weight is 275 g/mol. The van der Waals surface area contributed by atoms with Gasteiger partial charge < -0.3 is 15.3 Å². The molecule has 4 heteroatoms. The summed E-state index contributed by atoms with van der Waals surface area (Å²) < 4.78 is 0. The molecule has 0 aliphatic rings. The fourth-order valence-electron chi connectivity index (χ4n) is 1.47. The second-order valence-electron chi connectivity index (χ2n) is 3.53. The van der Waals surface area contributed by atoms with Crippen molar-refractivity contribution in [2.24, 2.45) is 0 Å². The Kier molecular flexibility index (Phi) is 4.57. The van der Waals surface area contributed by atoms with Crippen LogP contribution in [0.15, 0.2) is 18.2 Å². The van der Waals surface area contributed by atoms with Crippen LogP contribution < -0.4 is 0 Å². The molecule has 0 amide bonds. The Balaban J connectivity index is 2.86. The molecule has 0 aliphatic heterocycles. The number of phenolic OH excluding ortho intramolecular Hbond substituents is 1. The predicted molar refractivity (Wildman–Crippen MR) is 62.2 cm³/mol. The van der Waals surface area contributed by atoms with E-state index in [4.69, 9.17) is 0 Å². The molecule has 0 saturated carbocycles. The minimum Gasteiger partial charge on any atom is -0.508 e. The Labute approximate surface area is 97.5 Å². The molecule has 1 aromatic carbocycles. The van der Waals surface area contributed by atoms with E-state index >= 15 is 0 Å². The van der Waals surface area contributed by atoms with Gasteiger partial charge in [0.25, 0.3) is 0 Å². The van der Waals surface area contributed by atoms with Crippen LogP contribution in [0.25, 0.3) is 0 Å². The molecule has 2 unspecified atom stereocenters. The number of aromatic hydroxyl groups is 1. The highest BCUT2D eigenvalue weighted by molar-refractivity contribution is 9.09. The topological polar surface area (TPSA) is 60.7 Å². The molecule has 0 bridgehead atoms. The average Bonchev–Trinajstić information content (AvgIpc) is 2.17. The van der Waals surface area contributed by atoms with E-state index in [0.717, 1.165) is 5.56 Å². The molecular weight excluding hydrogens is 260 g/mol. The van der Waals surface area contributed by atoms with Crippen molar-refractivity contribution in [3.8, 4) is 5.75 Å². The van der Waals surface area contributed by atoms with Gasteiger partial charge in [-0.2, -0.15) is 0 Å². The molecule has 0 radical (unpaired) electrons. The summed E-state index contributed by atoms with van der Waals surface area (Å²) in [6.07, 6.45) is -1.20. The third-order valence-electron chi connectivity index (χ3n) is 2.34. The first-order valence-corrected chi connectivity index (χ1v) is 5.90. The first-order chi connectivity index (χ1) is 7.06. The van der Waals surface area contributed by atoms with Gasteiger partial charge in [-0.05, 0) is 36.6 Å². The molecule has 3 nitrogen and oxygen atoms in total. The molecular formula is C11H15BrO3. The Hall–Kier alpha value is -0.580. The summed E-state index contributed by atoms with van der Waals surface area (Å²) in [5.74, 6) is 0.165. The summed E-state index contributed by atoms with van der Waals surface area (Å²) in [5, 5.41) is 29.3. The Morgan fingerprint density at radius 2 is 2.00 bits per heavy atom. The highest BCUT2D eigenvalue weighted by Gasteiger charge is 2.19. The van der Waals surface area contributed by atoms with E-state index in [2.05, 4.69) is 15.9 Å². The molecule has 3 N–H and O–H groups in total. The van der Waals surface area contributed by atoms with Crippen LogP contribution in [-0.4, -0.2) is 26.8 Å². The Morgan fingerprint density at radius 1 is 1.33 bits per heavy atom. The van der Waals surface area contributed by atoms with Crippen molar-refractivity contribution in [2.45, 2.75) is 25.6 Å². The van der Waals surface area contributed by atoms with E-state index in [0.29, 0.717) is 17.3 Å². The van der Waals surface area contributed by atoms with E-state index in [9.17, 15) is 15.3 Å². The highest BCUT2D eigenvalue weighted by atomic mass is 79.9. The van der Waals surface area contributed by atoms with Crippen LogP contribution in [0.2, 0.25) is 0 Å². The summed E-state index contributed by atoms with van der Waals surface area (Å²) >= 11 is 3.21. The zero-order valence-electron chi connectivity index (χ0n) is 8.52. The lowest BCUT2D eigenvalue weighted by molar-refractivity contribution is 0.0170. The van der Waals surface area contributed by atoms with Crippen molar-refractivity contribution in [3.05, 3.63) is 29.3 Å². The molecule has 0 heterocycles. The largest absolute Gasteiger partial charge is 0.508 e. The van der Waals surface area contributed by atoms with Crippen molar-refractivity contribution in [1.29, 1.82) is 0 Å². The monoisotopic (exact) mass is 274 g/mol. The van der Waals surface area contributed by atoms with Gasteiger partial charge in [-0.1, -0.05) is 22.0 Å². The lowest BCUT2D eigenvalue weighted by atomic mass is 9.98. The summed E-state index contributed by atoms with van der Waals surface area (Å²) in [6, 6.07) is 4.71. The maximum absolute atomic E-state index is 9.84. The van der Waals surface area contributed by atoms with Crippen molar-refractivity contribution in [2.75, 3.05) is 5.33 Å². The van der Waals surface area contributed by atoms with E-state index in [1.165, 1.54) is 6.07 Å². The summed E-state index contributed by atoms with van der Waals surface area (Å²) in [6.45, 7) is 1.79. The van der Waals surface area contributed by atoms with Crippen molar-refractivity contribution < 1.29 is 15.3 Å². The number of rotatable bonds is 4.